The van der Waals surface area contributed by atoms with Crippen LogP contribution < -0.4 is 0 Å². The molecule has 2 heteroatoms. The summed E-state index contributed by atoms with van der Waals surface area (Å²) in [5, 5.41) is 8.98. The van der Waals surface area contributed by atoms with Gasteiger partial charge in [0.1, 0.15) is 0 Å². The largest absolute Gasteiger partial charge is 0.396 e. The Kier molecular flexibility index (Phi) is 3.40. The van der Waals surface area contributed by atoms with Crippen LogP contribution in [0.15, 0.2) is 24.3 Å². The lowest BCUT2D eigenvalue weighted by molar-refractivity contribution is -0.0955. The molecule has 0 spiro atoms. The fourth-order valence-electron chi connectivity index (χ4n) is 4.04. The van der Waals surface area contributed by atoms with Crippen molar-refractivity contribution in [3.8, 4) is 0 Å². The van der Waals surface area contributed by atoms with Crippen LogP contribution in [0.2, 0.25) is 0 Å². The first kappa shape index (κ1) is 13.1. The highest BCUT2D eigenvalue weighted by atomic mass is 16.5. The van der Waals surface area contributed by atoms with Crippen LogP contribution in [-0.4, -0.2) is 24.4 Å². The van der Waals surface area contributed by atoms with Gasteiger partial charge in [0.05, 0.1) is 5.60 Å². The van der Waals surface area contributed by atoms with Gasteiger partial charge in [0.2, 0.25) is 0 Å². The van der Waals surface area contributed by atoms with Gasteiger partial charge in [-0.3, -0.25) is 0 Å². The van der Waals surface area contributed by atoms with Crippen molar-refractivity contribution in [1.82, 2.24) is 0 Å². The van der Waals surface area contributed by atoms with Gasteiger partial charge in [-0.25, -0.2) is 0 Å². The van der Waals surface area contributed by atoms with Gasteiger partial charge in [-0.2, -0.15) is 0 Å². The lowest BCUT2D eigenvalue weighted by Gasteiger charge is -2.53. The molecule has 1 N–H and O–H groups in total. The minimum Gasteiger partial charge on any atom is -0.396 e. The average molecular weight is 260 g/mol. The Hall–Kier alpha value is -0.860. The number of hydrogen-bond acceptors (Lipinski definition) is 2. The van der Waals surface area contributed by atoms with Crippen molar-refractivity contribution in [3.05, 3.63) is 35.4 Å². The molecule has 3 aliphatic carbocycles. The first-order valence-electron chi connectivity index (χ1n) is 7.47. The third-order valence-electron chi connectivity index (χ3n) is 5.58. The van der Waals surface area contributed by atoms with Crippen molar-refractivity contribution in [3.63, 3.8) is 0 Å². The first-order valence-corrected chi connectivity index (χ1v) is 7.47. The molecular formula is C17H24O2. The van der Waals surface area contributed by atoms with Gasteiger partial charge in [-0.05, 0) is 61.5 Å². The van der Waals surface area contributed by atoms with Crippen LogP contribution in [0.25, 0.3) is 0 Å². The molecule has 0 amide bonds. The summed E-state index contributed by atoms with van der Waals surface area (Å²) in [7, 11) is 1.88. The minimum absolute atomic E-state index is 0.193. The molecule has 1 aromatic rings. The second kappa shape index (κ2) is 4.92. The fourth-order valence-corrected chi connectivity index (χ4v) is 4.04. The number of benzene rings is 1. The van der Waals surface area contributed by atoms with Gasteiger partial charge in [0, 0.05) is 13.7 Å². The summed E-state index contributed by atoms with van der Waals surface area (Å²) < 4.78 is 5.77. The zero-order chi connectivity index (χ0) is 13.3. The SMILES string of the molecule is COC12CCC(c3ccc(CCO)cc3)(CC1)CC2. The van der Waals surface area contributed by atoms with E-state index in [0.29, 0.717) is 5.41 Å². The van der Waals surface area contributed by atoms with Gasteiger partial charge >= 0.3 is 0 Å². The summed E-state index contributed by atoms with van der Waals surface area (Å²) in [4.78, 5) is 0. The summed E-state index contributed by atoms with van der Waals surface area (Å²) in [6.07, 6.45) is 8.19. The van der Waals surface area contributed by atoms with E-state index in [1.54, 1.807) is 0 Å². The number of ether oxygens (including phenoxy) is 1. The molecule has 3 saturated carbocycles. The maximum absolute atomic E-state index is 8.98. The van der Waals surface area contributed by atoms with E-state index in [2.05, 4.69) is 24.3 Å². The molecule has 0 aromatic heterocycles. The third-order valence-corrected chi connectivity index (χ3v) is 5.58. The molecule has 0 radical (unpaired) electrons. The lowest BCUT2D eigenvalue weighted by atomic mass is 9.56. The molecule has 0 aliphatic heterocycles. The molecule has 2 bridgehead atoms. The van der Waals surface area contributed by atoms with E-state index < -0.39 is 0 Å². The predicted octanol–water partition coefficient (Wildman–Crippen LogP) is 3.21. The molecule has 104 valence electrons. The van der Waals surface area contributed by atoms with E-state index in [1.807, 2.05) is 7.11 Å². The third kappa shape index (κ3) is 2.21. The van der Waals surface area contributed by atoms with E-state index in [0.717, 1.165) is 6.42 Å². The Balaban J connectivity index is 1.79. The van der Waals surface area contributed by atoms with Gasteiger partial charge in [0.15, 0.2) is 0 Å². The van der Waals surface area contributed by atoms with Gasteiger partial charge in [-0.15, -0.1) is 0 Å². The fraction of sp³-hybridized carbons (Fsp3) is 0.647. The van der Waals surface area contributed by atoms with Crippen LogP contribution in [0.1, 0.15) is 49.7 Å². The van der Waals surface area contributed by atoms with Gasteiger partial charge < -0.3 is 9.84 Å². The maximum Gasteiger partial charge on any atom is 0.0679 e. The van der Waals surface area contributed by atoms with Crippen molar-refractivity contribution in [2.45, 2.75) is 56.0 Å². The molecule has 4 rings (SSSR count). The molecule has 0 atom stereocenters. The Morgan fingerprint density at radius 3 is 2.05 bits per heavy atom. The van der Waals surface area contributed by atoms with Crippen LogP contribution in [0.3, 0.4) is 0 Å². The van der Waals surface area contributed by atoms with Crippen molar-refractivity contribution < 1.29 is 9.84 Å². The van der Waals surface area contributed by atoms with E-state index in [-0.39, 0.29) is 12.2 Å². The van der Waals surface area contributed by atoms with Crippen LogP contribution in [0.5, 0.6) is 0 Å². The van der Waals surface area contributed by atoms with E-state index in [1.165, 1.54) is 49.7 Å². The monoisotopic (exact) mass is 260 g/mol. The first-order chi connectivity index (χ1) is 9.22. The molecule has 2 nitrogen and oxygen atoms in total. The normalized spacial score (nSPS) is 33.6. The number of rotatable bonds is 4. The second-order valence-corrected chi connectivity index (χ2v) is 6.34. The van der Waals surface area contributed by atoms with Crippen LogP contribution in [0, 0.1) is 0 Å². The highest BCUT2D eigenvalue weighted by Gasteiger charge is 2.49. The summed E-state index contributed by atoms with van der Waals surface area (Å²) in [5.74, 6) is 0. The Morgan fingerprint density at radius 2 is 1.58 bits per heavy atom. The van der Waals surface area contributed by atoms with Gasteiger partial charge in [-0.1, -0.05) is 24.3 Å². The smallest absolute Gasteiger partial charge is 0.0679 e. The van der Waals surface area contributed by atoms with Crippen molar-refractivity contribution in [2.24, 2.45) is 0 Å². The highest BCUT2D eigenvalue weighted by Crippen LogP contribution is 2.54. The van der Waals surface area contributed by atoms with Crippen LogP contribution >= 0.6 is 0 Å². The Morgan fingerprint density at radius 1 is 1.00 bits per heavy atom. The van der Waals surface area contributed by atoms with Crippen LogP contribution in [0.4, 0.5) is 0 Å². The van der Waals surface area contributed by atoms with Crippen LogP contribution in [-0.2, 0) is 16.6 Å². The predicted molar refractivity (Wildman–Crippen MR) is 76.4 cm³/mol. The maximum atomic E-state index is 8.98. The van der Waals surface area contributed by atoms with E-state index in [9.17, 15) is 0 Å². The highest BCUT2D eigenvalue weighted by molar-refractivity contribution is 5.31. The molecular weight excluding hydrogens is 236 g/mol. The number of aliphatic hydroxyl groups excluding tert-OH is 1. The second-order valence-electron chi connectivity index (χ2n) is 6.34. The van der Waals surface area contributed by atoms with Crippen molar-refractivity contribution >= 4 is 0 Å². The molecule has 0 heterocycles. The molecule has 0 saturated heterocycles. The Labute approximate surface area is 115 Å². The summed E-state index contributed by atoms with van der Waals surface area (Å²) in [6, 6.07) is 8.95. The van der Waals surface area contributed by atoms with E-state index >= 15 is 0 Å². The molecule has 3 aliphatic rings. The summed E-state index contributed by atoms with van der Waals surface area (Å²) in [6.45, 7) is 0.237. The molecule has 1 aromatic carbocycles. The topological polar surface area (TPSA) is 29.5 Å². The quantitative estimate of drug-likeness (QED) is 0.900. The number of aliphatic hydroxyl groups is 1. The lowest BCUT2D eigenvalue weighted by Crippen LogP contribution is -2.49. The van der Waals surface area contributed by atoms with Gasteiger partial charge in [0.25, 0.3) is 0 Å². The minimum atomic E-state index is 0.193. The van der Waals surface area contributed by atoms with Crippen molar-refractivity contribution in [1.29, 1.82) is 0 Å². The number of fused-ring (bicyclic) bond motifs is 3. The van der Waals surface area contributed by atoms with E-state index in [4.69, 9.17) is 9.84 Å². The number of hydrogen-bond donors (Lipinski definition) is 1. The zero-order valence-corrected chi connectivity index (χ0v) is 11.8. The Bertz CT molecular complexity index is 411. The molecule has 0 unspecified atom stereocenters. The standard InChI is InChI=1S/C17H24O2/c1-19-17-10-7-16(8-11-17,9-12-17)15-4-2-14(3-5-15)6-13-18/h2-5,18H,6-13H2,1H3. The average Bonchev–Trinajstić information content (AvgIpc) is 2.50. The molecule has 19 heavy (non-hydrogen) atoms. The van der Waals surface area contributed by atoms with Crippen molar-refractivity contribution in [2.75, 3.05) is 13.7 Å². The summed E-state index contributed by atoms with van der Waals surface area (Å²) >= 11 is 0. The number of methoxy groups -OCH3 is 1. The zero-order valence-electron chi connectivity index (χ0n) is 11.8. The summed E-state index contributed by atoms with van der Waals surface area (Å²) in [5.41, 5.74) is 3.33. The molecule has 3 fully saturated rings.